The largest absolute Gasteiger partial charge is 0.483 e. The summed E-state index contributed by atoms with van der Waals surface area (Å²) in [5, 5.41) is 4.39. The average Bonchev–Trinajstić information content (AvgIpc) is 3.11. The number of halogens is 2. The summed E-state index contributed by atoms with van der Waals surface area (Å²) in [6.07, 6.45) is 0. The minimum atomic E-state index is -0.241. The highest BCUT2D eigenvalue weighted by atomic mass is 79.9. The normalized spacial score (nSPS) is 10.9. The summed E-state index contributed by atoms with van der Waals surface area (Å²) in [6, 6.07) is 19.0. The Labute approximate surface area is 185 Å². The molecule has 0 aliphatic heterocycles. The Morgan fingerprint density at radius 2 is 1.93 bits per heavy atom. The van der Waals surface area contributed by atoms with Crippen molar-refractivity contribution >= 4 is 60.7 Å². The zero-order valence-electron chi connectivity index (χ0n) is 15.4. The van der Waals surface area contributed by atoms with Crippen molar-refractivity contribution in [3.05, 3.63) is 75.7 Å². The number of benzene rings is 3. The molecule has 0 aliphatic rings. The van der Waals surface area contributed by atoms with Gasteiger partial charge >= 0.3 is 0 Å². The molecule has 0 unspecified atom stereocenters. The minimum absolute atomic E-state index is 0.0980. The van der Waals surface area contributed by atoms with Crippen molar-refractivity contribution in [2.24, 2.45) is 0 Å². The molecule has 4 nitrogen and oxygen atoms in total. The van der Waals surface area contributed by atoms with Gasteiger partial charge in [0.1, 0.15) is 10.8 Å². The summed E-state index contributed by atoms with van der Waals surface area (Å²) >= 11 is 10.9. The van der Waals surface area contributed by atoms with E-state index in [0.717, 1.165) is 16.1 Å². The lowest BCUT2D eigenvalue weighted by molar-refractivity contribution is -0.118. The van der Waals surface area contributed by atoms with Gasteiger partial charge in [-0.05, 0) is 83.0 Å². The van der Waals surface area contributed by atoms with E-state index in [1.54, 1.807) is 29.5 Å². The van der Waals surface area contributed by atoms with E-state index in [1.807, 2.05) is 30.3 Å². The van der Waals surface area contributed by atoms with Gasteiger partial charge in [0.2, 0.25) is 0 Å². The highest BCUT2D eigenvalue weighted by Gasteiger charge is 2.09. The molecule has 0 aliphatic carbocycles. The summed E-state index contributed by atoms with van der Waals surface area (Å²) in [5.74, 6) is 0.320. The number of hydrogen-bond acceptors (Lipinski definition) is 4. The van der Waals surface area contributed by atoms with Crippen LogP contribution < -0.4 is 10.1 Å². The van der Waals surface area contributed by atoms with Crippen LogP contribution in [0.1, 0.15) is 5.56 Å². The SMILES string of the molecule is Cc1ccc2nc(-c3ccc(NC(=O)COc4ccc(Cl)cc4Br)cc3)sc2c1. The quantitative estimate of drug-likeness (QED) is 0.340. The summed E-state index contributed by atoms with van der Waals surface area (Å²) in [6.45, 7) is 1.98. The molecule has 3 aromatic carbocycles. The Morgan fingerprint density at radius 1 is 1.14 bits per heavy atom. The van der Waals surface area contributed by atoms with Crippen molar-refractivity contribution in [2.45, 2.75) is 6.92 Å². The van der Waals surface area contributed by atoms with Gasteiger partial charge in [0.05, 0.1) is 14.7 Å². The fraction of sp³-hybridized carbons (Fsp3) is 0.0909. The van der Waals surface area contributed by atoms with Gasteiger partial charge in [-0.15, -0.1) is 11.3 Å². The van der Waals surface area contributed by atoms with Crippen molar-refractivity contribution in [1.29, 1.82) is 0 Å². The van der Waals surface area contributed by atoms with E-state index in [0.29, 0.717) is 20.9 Å². The molecule has 1 amide bonds. The smallest absolute Gasteiger partial charge is 0.262 e. The highest BCUT2D eigenvalue weighted by molar-refractivity contribution is 9.10. The first-order valence-corrected chi connectivity index (χ1v) is 10.8. The lowest BCUT2D eigenvalue weighted by atomic mass is 10.2. The number of hydrogen-bond donors (Lipinski definition) is 1. The molecular formula is C22H16BrClN2O2S. The van der Waals surface area contributed by atoms with Crippen molar-refractivity contribution in [3.63, 3.8) is 0 Å². The first kappa shape index (κ1) is 19.9. The Kier molecular flexibility index (Phi) is 5.85. The number of carbonyl (C=O) groups excluding carboxylic acids is 1. The van der Waals surface area contributed by atoms with Crippen LogP contribution in [-0.4, -0.2) is 17.5 Å². The second kappa shape index (κ2) is 8.53. The second-order valence-electron chi connectivity index (χ2n) is 6.48. The van der Waals surface area contributed by atoms with Gasteiger partial charge in [0, 0.05) is 16.3 Å². The van der Waals surface area contributed by atoms with E-state index < -0.39 is 0 Å². The van der Waals surface area contributed by atoms with Gasteiger partial charge in [-0.2, -0.15) is 0 Å². The summed E-state index contributed by atoms with van der Waals surface area (Å²) in [4.78, 5) is 16.9. The number of nitrogens with zero attached hydrogens (tertiary/aromatic N) is 1. The number of fused-ring (bicyclic) bond motifs is 1. The molecule has 0 spiro atoms. The number of carbonyl (C=O) groups is 1. The molecule has 0 saturated carbocycles. The summed E-state index contributed by atoms with van der Waals surface area (Å²) < 4.78 is 7.41. The van der Waals surface area contributed by atoms with Crippen molar-refractivity contribution < 1.29 is 9.53 Å². The van der Waals surface area contributed by atoms with E-state index in [9.17, 15) is 4.79 Å². The molecule has 1 aromatic heterocycles. The zero-order valence-corrected chi connectivity index (χ0v) is 18.6. The van der Waals surface area contributed by atoms with E-state index >= 15 is 0 Å². The fourth-order valence-corrected chi connectivity index (χ4v) is 4.65. The first-order valence-electron chi connectivity index (χ1n) is 8.83. The van der Waals surface area contributed by atoms with Crippen LogP contribution in [0.2, 0.25) is 5.02 Å². The number of aryl methyl sites for hydroxylation is 1. The van der Waals surface area contributed by atoms with Gasteiger partial charge in [-0.1, -0.05) is 17.7 Å². The lowest BCUT2D eigenvalue weighted by Gasteiger charge is -2.09. The summed E-state index contributed by atoms with van der Waals surface area (Å²) in [5.41, 5.74) is 3.94. The first-order chi connectivity index (χ1) is 14.0. The van der Waals surface area contributed by atoms with Crippen LogP contribution in [0, 0.1) is 6.92 Å². The third kappa shape index (κ3) is 4.78. The maximum Gasteiger partial charge on any atom is 0.262 e. The molecule has 0 radical (unpaired) electrons. The van der Waals surface area contributed by atoms with E-state index in [4.69, 9.17) is 16.3 Å². The molecule has 0 saturated heterocycles. The molecule has 1 heterocycles. The van der Waals surface area contributed by atoms with E-state index in [1.165, 1.54) is 10.3 Å². The lowest BCUT2D eigenvalue weighted by Crippen LogP contribution is -2.20. The molecule has 7 heteroatoms. The number of ether oxygens (including phenoxy) is 1. The number of thiazole rings is 1. The Hall–Kier alpha value is -2.41. The predicted molar refractivity (Wildman–Crippen MR) is 123 cm³/mol. The maximum absolute atomic E-state index is 12.2. The Morgan fingerprint density at radius 3 is 2.69 bits per heavy atom. The Bertz CT molecular complexity index is 1190. The van der Waals surface area contributed by atoms with Crippen LogP contribution in [0.4, 0.5) is 5.69 Å². The van der Waals surface area contributed by atoms with Gasteiger partial charge in [-0.3, -0.25) is 4.79 Å². The van der Waals surface area contributed by atoms with E-state index in [2.05, 4.69) is 45.3 Å². The molecule has 29 heavy (non-hydrogen) atoms. The number of nitrogens with one attached hydrogen (secondary N) is 1. The topological polar surface area (TPSA) is 51.2 Å². The molecule has 146 valence electrons. The molecule has 0 atom stereocenters. The van der Waals surface area contributed by atoms with Crippen LogP contribution in [0.15, 0.2) is 65.1 Å². The number of rotatable bonds is 5. The van der Waals surface area contributed by atoms with Crippen molar-refractivity contribution in [1.82, 2.24) is 4.98 Å². The second-order valence-corrected chi connectivity index (χ2v) is 8.80. The third-order valence-electron chi connectivity index (χ3n) is 4.21. The van der Waals surface area contributed by atoms with E-state index in [-0.39, 0.29) is 12.5 Å². The van der Waals surface area contributed by atoms with Gasteiger partial charge in [-0.25, -0.2) is 4.98 Å². The van der Waals surface area contributed by atoms with Gasteiger partial charge < -0.3 is 10.1 Å². The van der Waals surface area contributed by atoms with Crippen molar-refractivity contribution in [2.75, 3.05) is 11.9 Å². The fourth-order valence-electron chi connectivity index (χ4n) is 2.78. The molecule has 0 fully saturated rings. The summed E-state index contributed by atoms with van der Waals surface area (Å²) in [7, 11) is 0. The Balaban J connectivity index is 1.40. The van der Waals surface area contributed by atoms with Crippen LogP contribution in [-0.2, 0) is 4.79 Å². The molecule has 1 N–H and O–H groups in total. The molecule has 4 aromatic rings. The third-order valence-corrected chi connectivity index (χ3v) is 6.13. The van der Waals surface area contributed by atoms with Gasteiger partial charge in [0.25, 0.3) is 5.91 Å². The van der Waals surface area contributed by atoms with Crippen LogP contribution in [0.5, 0.6) is 5.75 Å². The maximum atomic E-state index is 12.2. The van der Waals surface area contributed by atoms with Crippen LogP contribution in [0.25, 0.3) is 20.8 Å². The number of amides is 1. The average molecular weight is 488 g/mol. The zero-order chi connectivity index (χ0) is 20.4. The highest BCUT2D eigenvalue weighted by Crippen LogP contribution is 2.31. The molecular weight excluding hydrogens is 472 g/mol. The van der Waals surface area contributed by atoms with Gasteiger partial charge in [0.15, 0.2) is 6.61 Å². The van der Waals surface area contributed by atoms with Crippen LogP contribution in [0.3, 0.4) is 0 Å². The predicted octanol–water partition coefficient (Wildman–Crippen LogP) is 6.71. The number of anilines is 1. The number of aromatic nitrogens is 1. The van der Waals surface area contributed by atoms with Crippen molar-refractivity contribution in [3.8, 4) is 16.3 Å². The van der Waals surface area contributed by atoms with Crippen LogP contribution >= 0.6 is 38.9 Å². The molecule has 4 rings (SSSR count). The standard InChI is InChI=1S/C22H16BrClN2O2S/c1-13-2-8-18-20(10-13)29-22(26-18)14-3-6-16(7-4-14)25-21(27)12-28-19-9-5-15(24)11-17(19)23/h2-11H,12H2,1H3,(H,25,27). The monoisotopic (exact) mass is 486 g/mol. The minimum Gasteiger partial charge on any atom is -0.483 e. The molecule has 0 bridgehead atoms.